The maximum Gasteiger partial charge on any atom is 0.229 e. The van der Waals surface area contributed by atoms with Crippen LogP contribution >= 0.6 is 0 Å². The van der Waals surface area contributed by atoms with Crippen LogP contribution in [0.3, 0.4) is 0 Å². The van der Waals surface area contributed by atoms with Crippen molar-refractivity contribution in [3.8, 4) is 23.6 Å². The number of hydrogen-bond donors (Lipinski definition) is 2. The van der Waals surface area contributed by atoms with Gasteiger partial charge in [0.15, 0.2) is 12.9 Å². The summed E-state index contributed by atoms with van der Waals surface area (Å²) in [7, 11) is 0. The number of carbonyl (C=O) groups is 1. The summed E-state index contributed by atoms with van der Waals surface area (Å²) in [6.45, 7) is -0.0888. The van der Waals surface area contributed by atoms with Crippen molar-refractivity contribution < 1.29 is 19.8 Å². The molecule has 1 aromatic heterocycles. The van der Waals surface area contributed by atoms with E-state index in [-0.39, 0.29) is 18.4 Å². The summed E-state index contributed by atoms with van der Waals surface area (Å²) in [5, 5.41) is 18.1. The Labute approximate surface area is 74.1 Å². The Morgan fingerprint density at radius 2 is 2.08 bits per heavy atom. The molecule has 1 aromatic rings. The van der Waals surface area contributed by atoms with Crippen LogP contribution < -0.4 is 4.84 Å². The van der Waals surface area contributed by atoms with Gasteiger partial charge in [-0.15, -0.1) is 4.73 Å². The van der Waals surface area contributed by atoms with Crippen LogP contribution in [-0.2, 0) is 4.79 Å². The first kappa shape index (κ1) is 9.00. The molecule has 68 valence electrons. The first-order valence-corrected chi connectivity index (χ1v) is 3.40. The Morgan fingerprint density at radius 3 is 2.62 bits per heavy atom. The molecule has 0 saturated carbocycles. The Hall–Kier alpha value is -2.09. The molecule has 1 heterocycles. The van der Waals surface area contributed by atoms with E-state index < -0.39 is 0 Å². The van der Waals surface area contributed by atoms with E-state index in [4.69, 9.17) is 15.1 Å². The molecule has 1 rings (SSSR count). The maximum atomic E-state index is 9.77. The summed E-state index contributed by atoms with van der Waals surface area (Å²) in [6.07, 6.45) is 0.429. The predicted molar refractivity (Wildman–Crippen MR) is 43.0 cm³/mol. The fourth-order valence-corrected chi connectivity index (χ4v) is 0.714. The topological polar surface area (TPSA) is 71.7 Å². The molecular formula is C8H7NO4. The van der Waals surface area contributed by atoms with Crippen LogP contribution in [0.5, 0.6) is 11.8 Å². The summed E-state index contributed by atoms with van der Waals surface area (Å²) < 4.78 is 0.805. The lowest BCUT2D eigenvalue weighted by Gasteiger charge is -2.04. The number of aromatic nitrogens is 1. The van der Waals surface area contributed by atoms with Crippen LogP contribution in [0.25, 0.3) is 0 Å². The standard InChI is InChI=1S/C8H7NO4/c10-5-1-2-6-13-9-7(11)3-4-8(9)12/h3-5,11-12H,6H2. The van der Waals surface area contributed by atoms with Crippen molar-refractivity contribution in [2.45, 2.75) is 0 Å². The van der Waals surface area contributed by atoms with Crippen molar-refractivity contribution in [1.29, 1.82) is 0 Å². The Bertz CT molecular complexity index is 338. The number of aldehydes is 1. The fraction of sp³-hybridized carbons (Fsp3) is 0.125. The quantitative estimate of drug-likeness (QED) is 0.478. The zero-order valence-electron chi connectivity index (χ0n) is 6.60. The minimum absolute atomic E-state index is 0.0888. The van der Waals surface area contributed by atoms with Crippen molar-refractivity contribution in [3.63, 3.8) is 0 Å². The summed E-state index contributed by atoms with van der Waals surface area (Å²) in [4.78, 5) is 14.6. The highest BCUT2D eigenvalue weighted by Gasteiger charge is 2.04. The molecule has 5 heteroatoms. The van der Waals surface area contributed by atoms with Gasteiger partial charge in [0.1, 0.15) is 0 Å². The molecule has 0 aliphatic rings. The highest BCUT2D eigenvalue weighted by atomic mass is 16.7. The van der Waals surface area contributed by atoms with E-state index in [1.807, 2.05) is 0 Å². The molecule has 0 bridgehead atoms. The lowest BCUT2D eigenvalue weighted by atomic mass is 10.6. The Balaban J connectivity index is 2.58. The molecule has 0 spiro atoms. The van der Waals surface area contributed by atoms with E-state index in [0.717, 1.165) is 4.73 Å². The number of nitrogens with zero attached hydrogens (tertiary/aromatic N) is 1. The van der Waals surface area contributed by atoms with Crippen LogP contribution in [0.1, 0.15) is 0 Å². The van der Waals surface area contributed by atoms with Gasteiger partial charge >= 0.3 is 0 Å². The van der Waals surface area contributed by atoms with Gasteiger partial charge in [-0.3, -0.25) is 4.79 Å². The molecule has 5 nitrogen and oxygen atoms in total. The van der Waals surface area contributed by atoms with Crippen LogP contribution in [-0.4, -0.2) is 27.8 Å². The highest BCUT2D eigenvalue weighted by Crippen LogP contribution is 2.18. The molecule has 0 unspecified atom stereocenters. The SMILES string of the molecule is O=CC#CCOn1c(O)ccc1O. The zero-order chi connectivity index (χ0) is 9.68. The monoisotopic (exact) mass is 181 g/mol. The van der Waals surface area contributed by atoms with Gasteiger partial charge in [0.2, 0.25) is 11.8 Å². The number of hydrogen-bond acceptors (Lipinski definition) is 4. The van der Waals surface area contributed by atoms with Crippen LogP contribution in [0.4, 0.5) is 0 Å². The van der Waals surface area contributed by atoms with Gasteiger partial charge < -0.3 is 15.1 Å². The molecule has 2 N–H and O–H groups in total. The summed E-state index contributed by atoms with van der Waals surface area (Å²) in [6, 6.07) is 2.53. The Morgan fingerprint density at radius 1 is 1.46 bits per heavy atom. The van der Waals surface area contributed by atoms with E-state index in [2.05, 4.69) is 11.8 Å². The van der Waals surface area contributed by atoms with Crippen molar-refractivity contribution in [1.82, 2.24) is 4.73 Å². The molecule has 0 amide bonds. The van der Waals surface area contributed by atoms with Crippen molar-refractivity contribution in [3.05, 3.63) is 12.1 Å². The van der Waals surface area contributed by atoms with Crippen molar-refractivity contribution >= 4 is 6.29 Å². The second-order valence-electron chi connectivity index (χ2n) is 2.06. The third kappa shape index (κ3) is 2.17. The number of rotatable bonds is 2. The van der Waals surface area contributed by atoms with Gasteiger partial charge in [0, 0.05) is 12.1 Å². The number of aromatic hydroxyl groups is 2. The van der Waals surface area contributed by atoms with Gasteiger partial charge in [0.05, 0.1) is 0 Å². The average molecular weight is 181 g/mol. The first-order valence-electron chi connectivity index (χ1n) is 3.40. The van der Waals surface area contributed by atoms with E-state index >= 15 is 0 Å². The summed E-state index contributed by atoms with van der Waals surface area (Å²) >= 11 is 0. The van der Waals surface area contributed by atoms with Crippen molar-refractivity contribution in [2.24, 2.45) is 0 Å². The zero-order valence-corrected chi connectivity index (χ0v) is 6.60. The maximum absolute atomic E-state index is 9.77. The molecule has 0 radical (unpaired) electrons. The molecule has 0 fully saturated rings. The minimum Gasteiger partial charge on any atom is -0.492 e. The van der Waals surface area contributed by atoms with Crippen LogP contribution in [0.2, 0.25) is 0 Å². The summed E-state index contributed by atoms with van der Waals surface area (Å²) in [5.41, 5.74) is 0. The number of carbonyl (C=O) groups excluding carboxylic acids is 1. The van der Waals surface area contributed by atoms with E-state index in [1.54, 1.807) is 0 Å². The lowest BCUT2D eigenvalue weighted by Crippen LogP contribution is -2.10. The predicted octanol–water partition coefficient (Wildman–Crippen LogP) is -0.470. The van der Waals surface area contributed by atoms with Gasteiger partial charge in [-0.1, -0.05) is 5.92 Å². The third-order valence-corrected chi connectivity index (χ3v) is 1.22. The van der Waals surface area contributed by atoms with E-state index in [1.165, 1.54) is 12.1 Å². The second kappa shape index (κ2) is 4.07. The molecule has 0 saturated heterocycles. The normalized spacial score (nSPS) is 8.62. The van der Waals surface area contributed by atoms with Gasteiger partial charge in [0.25, 0.3) is 0 Å². The van der Waals surface area contributed by atoms with Gasteiger partial charge in [-0.2, -0.15) is 0 Å². The lowest BCUT2D eigenvalue weighted by molar-refractivity contribution is -0.103. The second-order valence-corrected chi connectivity index (χ2v) is 2.06. The van der Waals surface area contributed by atoms with Crippen molar-refractivity contribution in [2.75, 3.05) is 6.61 Å². The van der Waals surface area contributed by atoms with Gasteiger partial charge in [-0.25, -0.2) is 0 Å². The summed E-state index contributed by atoms with van der Waals surface area (Å²) in [5.74, 6) is 4.00. The van der Waals surface area contributed by atoms with Crippen LogP contribution in [0, 0.1) is 11.8 Å². The smallest absolute Gasteiger partial charge is 0.229 e. The van der Waals surface area contributed by atoms with Crippen LogP contribution in [0.15, 0.2) is 12.1 Å². The fourth-order valence-electron chi connectivity index (χ4n) is 0.714. The first-order chi connectivity index (χ1) is 6.25. The molecule has 0 aromatic carbocycles. The average Bonchev–Trinajstić information content (AvgIpc) is 2.42. The molecule has 13 heavy (non-hydrogen) atoms. The third-order valence-electron chi connectivity index (χ3n) is 1.22. The molecule has 0 atom stereocenters. The molecule has 0 aliphatic heterocycles. The highest BCUT2D eigenvalue weighted by molar-refractivity contribution is 5.72. The van der Waals surface area contributed by atoms with Gasteiger partial charge in [-0.05, 0) is 5.92 Å². The Kier molecular flexibility index (Phi) is 2.82. The largest absolute Gasteiger partial charge is 0.492 e. The minimum atomic E-state index is -0.231. The molecular weight excluding hydrogens is 174 g/mol. The van der Waals surface area contributed by atoms with E-state index in [0.29, 0.717) is 6.29 Å². The molecule has 0 aliphatic carbocycles. The van der Waals surface area contributed by atoms with E-state index in [9.17, 15) is 4.79 Å².